The van der Waals surface area contributed by atoms with Crippen molar-refractivity contribution in [2.24, 2.45) is 0 Å². The second-order valence-corrected chi connectivity index (χ2v) is 6.72. The standard InChI is InChI=1S/C23H20N4O2/c1-16-7-8-20(21(28)13-16)23(29)25-14-18-15-27(19-5-3-2-4-6-19)26-22(18)17-9-11-24-12-10-17/h2-13,15,28H,14H2,1H3,(H,25,29). The predicted molar refractivity (Wildman–Crippen MR) is 111 cm³/mol. The first-order valence-corrected chi connectivity index (χ1v) is 9.24. The second-order valence-electron chi connectivity index (χ2n) is 6.72. The summed E-state index contributed by atoms with van der Waals surface area (Å²) in [6.07, 6.45) is 5.33. The van der Waals surface area contributed by atoms with Gasteiger partial charge in [-0.1, -0.05) is 24.3 Å². The first-order chi connectivity index (χ1) is 14.1. The Hall–Kier alpha value is -3.93. The van der Waals surface area contributed by atoms with Crippen LogP contribution in [0.25, 0.3) is 16.9 Å². The maximum atomic E-state index is 12.6. The van der Waals surface area contributed by atoms with E-state index in [9.17, 15) is 9.90 Å². The minimum atomic E-state index is -0.337. The van der Waals surface area contributed by atoms with Crippen LogP contribution in [0.15, 0.2) is 79.3 Å². The Morgan fingerprint density at radius 2 is 1.83 bits per heavy atom. The van der Waals surface area contributed by atoms with Crippen LogP contribution in [0, 0.1) is 6.92 Å². The number of phenols is 1. The summed E-state index contributed by atoms with van der Waals surface area (Å²) in [7, 11) is 0. The van der Waals surface area contributed by atoms with E-state index < -0.39 is 0 Å². The maximum absolute atomic E-state index is 12.6. The van der Waals surface area contributed by atoms with Crippen LogP contribution in [-0.2, 0) is 6.54 Å². The van der Waals surface area contributed by atoms with Gasteiger partial charge in [0.25, 0.3) is 5.91 Å². The lowest BCUT2D eigenvalue weighted by Gasteiger charge is -2.08. The molecule has 144 valence electrons. The van der Waals surface area contributed by atoms with E-state index >= 15 is 0 Å². The van der Waals surface area contributed by atoms with Crippen LogP contribution in [0.1, 0.15) is 21.5 Å². The zero-order valence-electron chi connectivity index (χ0n) is 15.9. The number of aromatic nitrogens is 3. The van der Waals surface area contributed by atoms with Crippen molar-refractivity contribution in [3.05, 3.63) is 95.9 Å². The summed E-state index contributed by atoms with van der Waals surface area (Å²) in [4.78, 5) is 16.6. The van der Waals surface area contributed by atoms with Gasteiger partial charge in [-0.2, -0.15) is 5.10 Å². The van der Waals surface area contributed by atoms with Crippen LogP contribution in [0.4, 0.5) is 0 Å². The molecule has 0 aliphatic carbocycles. The molecular formula is C23H20N4O2. The molecule has 0 bridgehead atoms. The van der Waals surface area contributed by atoms with Crippen LogP contribution in [0.2, 0.25) is 0 Å². The van der Waals surface area contributed by atoms with Gasteiger partial charge in [0.15, 0.2) is 0 Å². The highest BCUT2D eigenvalue weighted by molar-refractivity contribution is 5.96. The Labute approximate surface area is 168 Å². The van der Waals surface area contributed by atoms with Crippen molar-refractivity contribution >= 4 is 5.91 Å². The molecule has 6 nitrogen and oxygen atoms in total. The van der Waals surface area contributed by atoms with Crippen molar-refractivity contribution in [2.75, 3.05) is 0 Å². The molecule has 2 aromatic carbocycles. The van der Waals surface area contributed by atoms with E-state index in [1.54, 1.807) is 35.3 Å². The molecule has 0 radical (unpaired) electrons. The number of pyridine rings is 1. The fraction of sp³-hybridized carbons (Fsp3) is 0.0870. The minimum absolute atomic E-state index is 0.0307. The van der Waals surface area contributed by atoms with Crippen LogP contribution < -0.4 is 5.32 Å². The van der Waals surface area contributed by atoms with Crippen molar-refractivity contribution in [2.45, 2.75) is 13.5 Å². The molecule has 0 aliphatic rings. The third-order valence-corrected chi connectivity index (χ3v) is 4.60. The normalized spacial score (nSPS) is 10.7. The lowest BCUT2D eigenvalue weighted by molar-refractivity contribution is 0.0948. The highest BCUT2D eigenvalue weighted by atomic mass is 16.3. The van der Waals surface area contributed by atoms with Gasteiger partial charge in [0, 0.05) is 36.3 Å². The summed E-state index contributed by atoms with van der Waals surface area (Å²) in [5, 5.41) is 17.7. The Morgan fingerprint density at radius 1 is 1.07 bits per heavy atom. The van der Waals surface area contributed by atoms with E-state index in [0.717, 1.165) is 28.1 Å². The highest BCUT2D eigenvalue weighted by Crippen LogP contribution is 2.24. The number of aromatic hydroxyl groups is 1. The molecule has 2 N–H and O–H groups in total. The molecule has 4 aromatic rings. The lowest BCUT2D eigenvalue weighted by Crippen LogP contribution is -2.23. The van der Waals surface area contributed by atoms with Gasteiger partial charge < -0.3 is 10.4 Å². The average Bonchev–Trinajstić information content (AvgIpc) is 3.18. The molecule has 0 unspecified atom stereocenters. The largest absolute Gasteiger partial charge is 0.507 e. The Bertz CT molecular complexity index is 1140. The van der Waals surface area contributed by atoms with Crippen LogP contribution in [0.3, 0.4) is 0 Å². The van der Waals surface area contributed by atoms with Crippen LogP contribution >= 0.6 is 0 Å². The summed E-state index contributed by atoms with van der Waals surface area (Å²) in [6.45, 7) is 2.14. The summed E-state index contributed by atoms with van der Waals surface area (Å²) >= 11 is 0. The van der Waals surface area contributed by atoms with Crippen molar-refractivity contribution in [1.82, 2.24) is 20.1 Å². The molecule has 2 aromatic heterocycles. The second kappa shape index (κ2) is 7.98. The zero-order valence-corrected chi connectivity index (χ0v) is 15.9. The van der Waals surface area contributed by atoms with Crippen molar-refractivity contribution in [3.8, 4) is 22.7 Å². The lowest BCUT2D eigenvalue weighted by atomic mass is 10.1. The fourth-order valence-corrected chi connectivity index (χ4v) is 3.11. The number of aryl methyl sites for hydroxylation is 1. The number of hydrogen-bond donors (Lipinski definition) is 2. The first kappa shape index (κ1) is 18.4. The van der Waals surface area contributed by atoms with Crippen molar-refractivity contribution < 1.29 is 9.90 Å². The van der Waals surface area contributed by atoms with Gasteiger partial charge in [0.1, 0.15) is 5.75 Å². The average molecular weight is 384 g/mol. The van der Waals surface area contributed by atoms with E-state index in [1.807, 2.05) is 55.6 Å². The molecular weight excluding hydrogens is 364 g/mol. The van der Waals surface area contributed by atoms with Gasteiger partial charge in [-0.25, -0.2) is 4.68 Å². The number of benzene rings is 2. The minimum Gasteiger partial charge on any atom is -0.507 e. The SMILES string of the molecule is Cc1ccc(C(=O)NCc2cn(-c3ccccc3)nc2-c2ccncc2)c(O)c1. The molecule has 0 saturated carbocycles. The summed E-state index contributed by atoms with van der Waals surface area (Å²) in [5.74, 6) is -0.368. The molecule has 29 heavy (non-hydrogen) atoms. The molecule has 0 saturated heterocycles. The summed E-state index contributed by atoms with van der Waals surface area (Å²) in [5.41, 5.74) is 4.61. The number of carbonyl (C=O) groups excluding carboxylic acids is 1. The van der Waals surface area contributed by atoms with Gasteiger partial charge in [0.2, 0.25) is 0 Å². The molecule has 0 fully saturated rings. The molecule has 0 atom stereocenters. The number of carbonyl (C=O) groups is 1. The van der Waals surface area contributed by atoms with E-state index in [4.69, 9.17) is 5.10 Å². The number of rotatable bonds is 5. The third-order valence-electron chi connectivity index (χ3n) is 4.60. The molecule has 2 heterocycles. The van der Waals surface area contributed by atoms with E-state index in [1.165, 1.54) is 0 Å². The molecule has 6 heteroatoms. The monoisotopic (exact) mass is 384 g/mol. The molecule has 0 spiro atoms. The molecule has 4 rings (SSSR count). The molecule has 0 aliphatic heterocycles. The molecule has 1 amide bonds. The highest BCUT2D eigenvalue weighted by Gasteiger charge is 2.15. The number of para-hydroxylation sites is 1. The number of nitrogens with zero attached hydrogens (tertiary/aromatic N) is 3. The Balaban J connectivity index is 1.63. The van der Waals surface area contributed by atoms with Crippen LogP contribution in [0.5, 0.6) is 5.75 Å². The fourth-order valence-electron chi connectivity index (χ4n) is 3.11. The third kappa shape index (κ3) is 4.01. The first-order valence-electron chi connectivity index (χ1n) is 9.24. The maximum Gasteiger partial charge on any atom is 0.255 e. The van der Waals surface area contributed by atoms with Gasteiger partial charge in [-0.3, -0.25) is 9.78 Å². The number of phenolic OH excluding ortho intramolecular Hbond substituents is 1. The van der Waals surface area contributed by atoms with Crippen molar-refractivity contribution in [1.29, 1.82) is 0 Å². The number of hydrogen-bond acceptors (Lipinski definition) is 4. The van der Waals surface area contributed by atoms with Crippen LogP contribution in [-0.4, -0.2) is 25.8 Å². The van der Waals surface area contributed by atoms with Crippen molar-refractivity contribution in [3.63, 3.8) is 0 Å². The Morgan fingerprint density at radius 3 is 2.55 bits per heavy atom. The quantitative estimate of drug-likeness (QED) is 0.547. The van der Waals surface area contributed by atoms with Gasteiger partial charge >= 0.3 is 0 Å². The summed E-state index contributed by atoms with van der Waals surface area (Å²) in [6, 6.07) is 18.5. The predicted octanol–water partition coefficient (Wildman–Crippen LogP) is 3.88. The number of nitrogens with one attached hydrogen (secondary N) is 1. The van der Waals surface area contributed by atoms with Gasteiger partial charge in [-0.15, -0.1) is 0 Å². The summed E-state index contributed by atoms with van der Waals surface area (Å²) < 4.78 is 1.79. The van der Waals surface area contributed by atoms with Gasteiger partial charge in [-0.05, 0) is 48.9 Å². The topological polar surface area (TPSA) is 80.0 Å². The van der Waals surface area contributed by atoms with E-state index in [0.29, 0.717) is 0 Å². The van der Waals surface area contributed by atoms with Gasteiger partial charge in [0.05, 0.1) is 16.9 Å². The zero-order chi connectivity index (χ0) is 20.2. The number of amides is 1. The Kier molecular flexibility index (Phi) is 5.07. The van der Waals surface area contributed by atoms with E-state index in [-0.39, 0.29) is 23.8 Å². The smallest absolute Gasteiger partial charge is 0.255 e. The van der Waals surface area contributed by atoms with E-state index in [2.05, 4.69) is 10.3 Å².